The number of halogens is 1. The smallest absolute Gasteiger partial charge is 0.291 e. The van der Waals surface area contributed by atoms with E-state index in [2.05, 4.69) is 17.0 Å². The molecule has 35 heavy (non-hydrogen) atoms. The van der Waals surface area contributed by atoms with Crippen molar-refractivity contribution in [2.24, 2.45) is 0 Å². The molecule has 5 aromatic rings. The summed E-state index contributed by atoms with van der Waals surface area (Å²) in [5.41, 5.74) is 1.68. The van der Waals surface area contributed by atoms with E-state index in [-0.39, 0.29) is 5.56 Å². The van der Waals surface area contributed by atoms with Crippen molar-refractivity contribution in [1.82, 2.24) is 14.6 Å². The molecule has 176 valence electrons. The largest absolute Gasteiger partial charge is 0.494 e. The summed E-state index contributed by atoms with van der Waals surface area (Å²) in [5.74, 6) is 2.62. The second-order valence-corrected chi connectivity index (χ2v) is 9.34. The minimum atomic E-state index is -0.227. The lowest BCUT2D eigenvalue weighted by Gasteiger charge is -2.04. The maximum absolute atomic E-state index is 12.8. The van der Waals surface area contributed by atoms with Gasteiger partial charge in [0.2, 0.25) is 4.96 Å². The minimum Gasteiger partial charge on any atom is -0.494 e. The number of fused-ring (bicyclic) bond motifs is 1. The summed E-state index contributed by atoms with van der Waals surface area (Å²) in [4.78, 5) is 17.8. The Bertz CT molecular complexity index is 1580. The van der Waals surface area contributed by atoms with Gasteiger partial charge in [0.15, 0.2) is 5.82 Å². The van der Waals surface area contributed by atoms with Gasteiger partial charge in [-0.3, -0.25) is 4.79 Å². The minimum absolute atomic E-state index is 0.227. The molecule has 3 heterocycles. The number of furan rings is 1. The number of thiazole rings is 1. The number of rotatable bonds is 8. The van der Waals surface area contributed by atoms with Crippen molar-refractivity contribution in [3.05, 3.63) is 97.7 Å². The van der Waals surface area contributed by atoms with E-state index >= 15 is 0 Å². The third-order valence-corrected chi connectivity index (χ3v) is 6.51. The maximum atomic E-state index is 12.8. The molecule has 0 aliphatic carbocycles. The molecule has 3 aromatic heterocycles. The van der Waals surface area contributed by atoms with Crippen LogP contribution in [0.15, 0.2) is 69.9 Å². The van der Waals surface area contributed by atoms with Gasteiger partial charge in [-0.1, -0.05) is 54.5 Å². The lowest BCUT2D eigenvalue weighted by atomic mass is 10.2. The molecule has 0 bridgehead atoms. The Kier molecular flexibility index (Phi) is 6.79. The van der Waals surface area contributed by atoms with E-state index < -0.39 is 0 Å². The normalized spacial score (nSPS) is 12.2. The standard InChI is InChI=1S/C27H22ClN3O3S/c1-2-3-16-33-21-11-4-18(5-12-21)6-15-25-29-27-31(30-25)26(32)24(35-27)17-22-13-14-23(34-22)19-7-9-20(28)10-8-19/h4-15,17H,2-3,16H2,1H3/b15-6+,24-17-. The van der Waals surface area contributed by atoms with Gasteiger partial charge in [-0.05, 0) is 66.6 Å². The van der Waals surface area contributed by atoms with Crippen LogP contribution in [-0.2, 0) is 0 Å². The van der Waals surface area contributed by atoms with E-state index in [0.717, 1.165) is 36.3 Å². The molecule has 0 N–H and O–H groups in total. The topological polar surface area (TPSA) is 69.6 Å². The molecular formula is C27H22ClN3O3S. The number of nitrogens with zero attached hydrogens (tertiary/aromatic N) is 3. The van der Waals surface area contributed by atoms with Crippen molar-refractivity contribution in [3.63, 3.8) is 0 Å². The van der Waals surface area contributed by atoms with Crippen LogP contribution in [-0.4, -0.2) is 21.2 Å². The number of unbranched alkanes of at least 4 members (excludes halogenated alkanes) is 1. The Morgan fingerprint density at radius 3 is 2.60 bits per heavy atom. The molecule has 0 saturated heterocycles. The number of hydrogen-bond donors (Lipinski definition) is 0. The highest BCUT2D eigenvalue weighted by Gasteiger charge is 2.10. The first kappa shape index (κ1) is 23.1. The highest BCUT2D eigenvalue weighted by atomic mass is 35.5. The van der Waals surface area contributed by atoms with Gasteiger partial charge >= 0.3 is 0 Å². The van der Waals surface area contributed by atoms with Crippen molar-refractivity contribution in [2.75, 3.05) is 6.61 Å². The zero-order valence-electron chi connectivity index (χ0n) is 19.0. The molecule has 0 radical (unpaired) electrons. The summed E-state index contributed by atoms with van der Waals surface area (Å²) < 4.78 is 13.4. The van der Waals surface area contributed by atoms with Crippen LogP contribution in [0.1, 0.15) is 36.9 Å². The molecule has 0 aliphatic heterocycles. The van der Waals surface area contributed by atoms with Gasteiger partial charge in [0.05, 0.1) is 6.61 Å². The van der Waals surface area contributed by atoms with Crippen LogP contribution in [0, 0.1) is 0 Å². The Morgan fingerprint density at radius 2 is 1.86 bits per heavy atom. The van der Waals surface area contributed by atoms with Gasteiger partial charge in [-0.2, -0.15) is 9.50 Å². The average molecular weight is 504 g/mol. The number of aromatic nitrogens is 3. The summed E-state index contributed by atoms with van der Waals surface area (Å²) in [5, 5.41) is 5.01. The monoisotopic (exact) mass is 503 g/mol. The van der Waals surface area contributed by atoms with E-state index in [1.807, 2.05) is 66.7 Å². The van der Waals surface area contributed by atoms with Gasteiger partial charge in [-0.25, -0.2) is 0 Å². The summed E-state index contributed by atoms with van der Waals surface area (Å²) >= 11 is 7.22. The third-order valence-electron chi connectivity index (χ3n) is 5.30. The molecule has 0 amide bonds. The summed E-state index contributed by atoms with van der Waals surface area (Å²) in [6.45, 7) is 2.86. The van der Waals surface area contributed by atoms with Gasteiger partial charge in [0, 0.05) is 16.7 Å². The van der Waals surface area contributed by atoms with Crippen LogP contribution in [0.5, 0.6) is 5.75 Å². The van der Waals surface area contributed by atoms with Crippen LogP contribution in [0.4, 0.5) is 0 Å². The second kappa shape index (κ2) is 10.3. The van der Waals surface area contributed by atoms with Crippen molar-refractivity contribution in [1.29, 1.82) is 0 Å². The first-order valence-electron chi connectivity index (χ1n) is 11.3. The van der Waals surface area contributed by atoms with E-state index in [0.29, 0.717) is 31.9 Å². The molecular weight excluding hydrogens is 482 g/mol. The number of benzene rings is 2. The molecule has 6 nitrogen and oxygen atoms in total. The second-order valence-electron chi connectivity index (χ2n) is 7.89. The molecule has 0 saturated carbocycles. The fourth-order valence-corrected chi connectivity index (χ4v) is 4.45. The Balaban J connectivity index is 1.32. The van der Waals surface area contributed by atoms with Gasteiger partial charge in [0.25, 0.3) is 5.56 Å². The van der Waals surface area contributed by atoms with E-state index in [1.165, 1.54) is 15.9 Å². The zero-order valence-corrected chi connectivity index (χ0v) is 20.6. The van der Waals surface area contributed by atoms with Crippen LogP contribution >= 0.6 is 22.9 Å². The third kappa shape index (κ3) is 5.37. The van der Waals surface area contributed by atoms with Gasteiger partial charge in [-0.15, -0.1) is 5.10 Å². The van der Waals surface area contributed by atoms with Gasteiger partial charge < -0.3 is 9.15 Å². The van der Waals surface area contributed by atoms with E-state index in [4.69, 9.17) is 20.8 Å². The SMILES string of the molecule is CCCCOc1ccc(/C=C/c2nc3s/c(=C\c4ccc(-c5ccc(Cl)cc5)o4)c(=O)n3n2)cc1. The van der Waals surface area contributed by atoms with Crippen molar-refractivity contribution in [2.45, 2.75) is 19.8 Å². The first-order chi connectivity index (χ1) is 17.1. The van der Waals surface area contributed by atoms with Crippen LogP contribution in [0.2, 0.25) is 5.02 Å². The lowest BCUT2D eigenvalue weighted by Crippen LogP contribution is -2.23. The molecule has 8 heteroatoms. The Labute approximate surface area is 210 Å². The van der Waals surface area contributed by atoms with E-state index in [1.54, 1.807) is 12.2 Å². The van der Waals surface area contributed by atoms with Gasteiger partial charge in [0.1, 0.15) is 21.8 Å². The molecule has 5 rings (SSSR count). The summed E-state index contributed by atoms with van der Waals surface area (Å²) in [6.07, 6.45) is 7.56. The molecule has 0 atom stereocenters. The fourth-order valence-electron chi connectivity index (χ4n) is 3.43. The van der Waals surface area contributed by atoms with Crippen molar-refractivity contribution >= 4 is 46.1 Å². The zero-order chi connectivity index (χ0) is 24.2. The van der Waals surface area contributed by atoms with Crippen molar-refractivity contribution < 1.29 is 9.15 Å². The molecule has 0 unspecified atom stereocenters. The highest BCUT2D eigenvalue weighted by Crippen LogP contribution is 2.24. The van der Waals surface area contributed by atoms with Crippen LogP contribution in [0.3, 0.4) is 0 Å². The maximum Gasteiger partial charge on any atom is 0.291 e. The van der Waals surface area contributed by atoms with Crippen LogP contribution in [0.25, 0.3) is 34.5 Å². The van der Waals surface area contributed by atoms with Crippen molar-refractivity contribution in [3.8, 4) is 17.1 Å². The van der Waals surface area contributed by atoms with E-state index in [9.17, 15) is 4.79 Å². The molecule has 2 aromatic carbocycles. The fraction of sp³-hybridized carbons (Fsp3) is 0.148. The van der Waals surface area contributed by atoms with Crippen LogP contribution < -0.4 is 14.8 Å². The molecule has 0 spiro atoms. The molecule has 0 fully saturated rings. The summed E-state index contributed by atoms with van der Waals surface area (Å²) in [7, 11) is 0. The molecule has 0 aliphatic rings. The number of hydrogen-bond acceptors (Lipinski definition) is 6. The Hall–Kier alpha value is -3.68. The lowest BCUT2D eigenvalue weighted by molar-refractivity contribution is 0.309. The number of ether oxygens (including phenoxy) is 1. The summed E-state index contributed by atoms with van der Waals surface area (Å²) in [6, 6.07) is 18.9. The quantitative estimate of drug-likeness (QED) is 0.244. The highest BCUT2D eigenvalue weighted by molar-refractivity contribution is 7.15. The Morgan fingerprint density at radius 1 is 1.06 bits per heavy atom. The predicted octanol–water partition coefficient (Wildman–Crippen LogP) is 5.96. The first-order valence-corrected chi connectivity index (χ1v) is 12.5. The average Bonchev–Trinajstić information content (AvgIpc) is 3.57. The predicted molar refractivity (Wildman–Crippen MR) is 141 cm³/mol.